The zero-order valence-corrected chi connectivity index (χ0v) is 23.8. The van der Waals surface area contributed by atoms with Gasteiger partial charge in [0.15, 0.2) is 18.2 Å². The van der Waals surface area contributed by atoms with Crippen LogP contribution in [0.3, 0.4) is 0 Å². The van der Waals surface area contributed by atoms with Gasteiger partial charge in [-0.05, 0) is 54.6 Å². The number of hydrogen-bond donors (Lipinski definition) is 2. The summed E-state index contributed by atoms with van der Waals surface area (Å²) in [5.74, 6) is 0.531. The van der Waals surface area contributed by atoms with E-state index < -0.39 is 23.0 Å². The topological polar surface area (TPSA) is 138 Å². The van der Waals surface area contributed by atoms with Crippen LogP contribution in [-0.2, 0) is 16.1 Å². The van der Waals surface area contributed by atoms with Crippen molar-refractivity contribution < 1.29 is 32.2 Å². The van der Waals surface area contributed by atoms with E-state index in [-0.39, 0.29) is 23.9 Å². The fourth-order valence-electron chi connectivity index (χ4n) is 4.10. The predicted molar refractivity (Wildman–Crippen MR) is 160 cm³/mol. The Morgan fingerprint density at radius 3 is 2.19 bits per heavy atom. The molecule has 0 radical (unpaired) electrons. The third-order valence-electron chi connectivity index (χ3n) is 6.06. The van der Waals surface area contributed by atoms with Crippen LogP contribution < -0.4 is 29.1 Å². The highest BCUT2D eigenvalue weighted by Crippen LogP contribution is 2.36. The quantitative estimate of drug-likeness (QED) is 0.188. The lowest BCUT2D eigenvalue weighted by Crippen LogP contribution is -2.23. The molecule has 1 amide bonds. The Morgan fingerprint density at radius 2 is 1.53 bits per heavy atom. The average Bonchev–Trinajstić information content (AvgIpc) is 3.01. The number of ether oxygens (including phenoxy) is 3. The normalized spacial score (nSPS) is 11.4. The minimum atomic E-state index is -2.86. The lowest BCUT2D eigenvalue weighted by molar-refractivity contribution is -0.118. The number of carbonyl (C=O) groups is 1. The fraction of sp³-hybridized carbons (Fsp3) is 0.100. The molecule has 0 saturated heterocycles. The van der Waals surface area contributed by atoms with Crippen LogP contribution in [0.4, 0.5) is 33.1 Å². The number of methoxy groups -OCH3 is 2. The van der Waals surface area contributed by atoms with E-state index in [2.05, 4.69) is 20.6 Å². The van der Waals surface area contributed by atoms with Gasteiger partial charge in [0.25, 0.3) is 5.91 Å². The number of carbonyl (C=O) groups excluding carboxylic acids is 1. The molecule has 0 fully saturated rings. The van der Waals surface area contributed by atoms with Crippen LogP contribution in [0.2, 0.25) is 0 Å². The average molecular weight is 603 g/mol. The predicted octanol–water partition coefficient (Wildman–Crippen LogP) is 5.48. The lowest BCUT2D eigenvalue weighted by atomic mass is 10.2. The Balaban J connectivity index is 1.47. The van der Waals surface area contributed by atoms with Gasteiger partial charge in [-0.15, -0.1) is 0 Å². The standard InChI is InChI=1S/C30H26FN5O6S/c1-40-24-15-21(16-25(17-24)41-2)33-29-30(35-27-9-4-3-8-26(27)34-29)36(43(38)39)22-7-5-6-20(14-22)32-28(37)18-42-23-12-10-19(31)11-13-23/h3-17H,18H2,1-2H3,(H,32,37)(H,33,34)(H,38,39)/p-1. The van der Waals surface area contributed by atoms with E-state index in [0.717, 1.165) is 4.31 Å². The van der Waals surface area contributed by atoms with Crippen molar-refractivity contribution in [2.24, 2.45) is 0 Å². The number of nitrogens with one attached hydrogen (secondary N) is 2. The second kappa shape index (κ2) is 13.1. The molecule has 43 heavy (non-hydrogen) atoms. The van der Waals surface area contributed by atoms with E-state index in [1.807, 2.05) is 0 Å². The summed E-state index contributed by atoms with van der Waals surface area (Å²) in [5.41, 5.74) is 2.00. The van der Waals surface area contributed by atoms with Gasteiger partial charge in [0, 0.05) is 29.6 Å². The number of nitrogens with zero attached hydrogens (tertiary/aromatic N) is 3. The van der Waals surface area contributed by atoms with E-state index in [1.165, 1.54) is 44.6 Å². The first-order chi connectivity index (χ1) is 20.8. The molecule has 220 valence electrons. The largest absolute Gasteiger partial charge is 0.755 e. The number of hydrogen-bond acceptors (Lipinski definition) is 9. The second-order valence-electron chi connectivity index (χ2n) is 8.96. The number of amides is 1. The van der Waals surface area contributed by atoms with E-state index in [1.54, 1.807) is 60.7 Å². The van der Waals surface area contributed by atoms with Gasteiger partial charge in [-0.3, -0.25) is 13.3 Å². The van der Waals surface area contributed by atoms with Crippen molar-refractivity contribution in [3.8, 4) is 17.2 Å². The SMILES string of the molecule is COc1cc(Nc2nc3ccccc3nc2N(c2cccc(NC(=O)COc3ccc(F)cc3)c2)S(=O)[O-])cc(OC)c1. The Morgan fingerprint density at radius 1 is 0.860 bits per heavy atom. The van der Waals surface area contributed by atoms with Crippen molar-refractivity contribution in [3.63, 3.8) is 0 Å². The Kier molecular flexibility index (Phi) is 8.93. The molecule has 1 atom stereocenters. The first-order valence-electron chi connectivity index (χ1n) is 12.8. The minimum Gasteiger partial charge on any atom is -0.755 e. The summed E-state index contributed by atoms with van der Waals surface area (Å²) in [4.78, 5) is 21.8. The van der Waals surface area contributed by atoms with Gasteiger partial charge in [-0.2, -0.15) is 0 Å². The first kappa shape index (κ1) is 29.2. The number of rotatable bonds is 11. The molecule has 0 spiro atoms. The lowest BCUT2D eigenvalue weighted by Gasteiger charge is -2.27. The van der Waals surface area contributed by atoms with Crippen LogP contribution >= 0.6 is 0 Å². The fourth-order valence-corrected chi connectivity index (χ4v) is 4.65. The number of fused-ring (bicyclic) bond motifs is 1. The molecular formula is C30H25FN5O6S-. The number of para-hydroxylation sites is 2. The van der Waals surface area contributed by atoms with Gasteiger partial charge >= 0.3 is 0 Å². The molecule has 0 aliphatic carbocycles. The van der Waals surface area contributed by atoms with Gasteiger partial charge in [-0.1, -0.05) is 18.2 Å². The first-order valence-corrected chi connectivity index (χ1v) is 13.8. The number of halogens is 1. The van der Waals surface area contributed by atoms with Crippen LogP contribution in [-0.4, -0.2) is 45.5 Å². The molecule has 0 aliphatic heterocycles. The maximum atomic E-state index is 13.1. The van der Waals surface area contributed by atoms with Crippen LogP contribution in [0.15, 0.2) is 91.0 Å². The van der Waals surface area contributed by atoms with Gasteiger partial charge in [0.05, 0.1) is 42.2 Å². The highest BCUT2D eigenvalue weighted by atomic mass is 32.2. The number of aromatic nitrogens is 2. The molecule has 4 aromatic carbocycles. The van der Waals surface area contributed by atoms with Crippen molar-refractivity contribution in [2.75, 3.05) is 35.8 Å². The van der Waals surface area contributed by atoms with Crippen molar-refractivity contribution >= 4 is 56.9 Å². The molecule has 0 bridgehead atoms. The van der Waals surface area contributed by atoms with E-state index >= 15 is 0 Å². The molecule has 5 aromatic rings. The highest BCUT2D eigenvalue weighted by Gasteiger charge is 2.21. The van der Waals surface area contributed by atoms with Gasteiger partial charge in [0.1, 0.15) is 23.1 Å². The summed E-state index contributed by atoms with van der Waals surface area (Å²) >= 11 is -2.86. The van der Waals surface area contributed by atoms with E-state index in [4.69, 9.17) is 14.2 Å². The van der Waals surface area contributed by atoms with Crippen LogP contribution in [0.5, 0.6) is 17.2 Å². The highest BCUT2D eigenvalue weighted by molar-refractivity contribution is 7.81. The Hall–Kier alpha value is -5.27. The van der Waals surface area contributed by atoms with E-state index in [0.29, 0.717) is 39.7 Å². The third-order valence-corrected chi connectivity index (χ3v) is 6.74. The second-order valence-corrected chi connectivity index (χ2v) is 9.76. The molecule has 0 saturated carbocycles. The summed E-state index contributed by atoms with van der Waals surface area (Å²) in [6.45, 7) is -0.346. The monoisotopic (exact) mass is 602 g/mol. The zero-order valence-electron chi connectivity index (χ0n) is 22.9. The molecule has 11 nitrogen and oxygen atoms in total. The van der Waals surface area contributed by atoms with Crippen molar-refractivity contribution in [2.45, 2.75) is 0 Å². The molecule has 2 N–H and O–H groups in total. The summed E-state index contributed by atoms with van der Waals surface area (Å²) in [6.07, 6.45) is 0. The number of anilines is 5. The molecule has 0 aliphatic rings. The zero-order chi connectivity index (χ0) is 30.3. The van der Waals surface area contributed by atoms with Crippen LogP contribution in [0, 0.1) is 5.82 Å². The molecule has 5 rings (SSSR count). The molecule has 1 aromatic heterocycles. The summed E-state index contributed by atoms with van der Waals surface area (Å²) < 4.78 is 55.6. The molecule has 1 heterocycles. The van der Waals surface area contributed by atoms with Crippen molar-refractivity contribution in [1.82, 2.24) is 9.97 Å². The third kappa shape index (κ3) is 7.15. The van der Waals surface area contributed by atoms with Gasteiger partial charge in [0.2, 0.25) is 0 Å². The summed E-state index contributed by atoms with van der Waals surface area (Å²) in [7, 11) is 3.03. The maximum absolute atomic E-state index is 13.1. The summed E-state index contributed by atoms with van der Waals surface area (Å²) in [5, 5.41) is 5.82. The molecular weight excluding hydrogens is 577 g/mol. The van der Waals surface area contributed by atoms with Crippen molar-refractivity contribution in [3.05, 3.63) is 96.8 Å². The molecule has 13 heteroatoms. The van der Waals surface area contributed by atoms with Crippen molar-refractivity contribution in [1.29, 1.82) is 0 Å². The minimum absolute atomic E-state index is 0.0167. The van der Waals surface area contributed by atoms with Crippen LogP contribution in [0.25, 0.3) is 11.0 Å². The van der Waals surface area contributed by atoms with Gasteiger partial charge in [-0.25, -0.2) is 14.4 Å². The smallest absolute Gasteiger partial charge is 0.262 e. The Labute approximate surface area is 248 Å². The van der Waals surface area contributed by atoms with E-state index in [9.17, 15) is 17.9 Å². The summed E-state index contributed by atoms with van der Waals surface area (Å²) in [6, 6.07) is 23.6. The Bertz CT molecular complexity index is 1770. The van der Waals surface area contributed by atoms with Gasteiger partial charge < -0.3 is 29.4 Å². The number of benzene rings is 4. The van der Waals surface area contributed by atoms with Crippen LogP contribution in [0.1, 0.15) is 0 Å². The maximum Gasteiger partial charge on any atom is 0.262 e. The molecule has 1 unspecified atom stereocenters.